The van der Waals surface area contributed by atoms with Crippen molar-refractivity contribution in [3.05, 3.63) is 146 Å². The van der Waals surface area contributed by atoms with Crippen LogP contribution in [-0.2, 0) is 0 Å². The molecule has 0 fully saturated rings. The molecule has 1 heteroatoms. The van der Waals surface area contributed by atoms with Gasteiger partial charge in [-0.1, -0.05) is 109 Å². The number of H-pyrrole nitrogens is 1. The lowest BCUT2D eigenvalue weighted by Crippen LogP contribution is -1.92. The van der Waals surface area contributed by atoms with Crippen LogP contribution in [-0.4, -0.2) is 4.98 Å². The van der Waals surface area contributed by atoms with Crippen LogP contribution in [0.5, 0.6) is 0 Å². The minimum Gasteiger partial charge on any atom is -0.361 e. The Bertz CT molecular complexity index is 2170. The van der Waals surface area contributed by atoms with Gasteiger partial charge in [0, 0.05) is 11.9 Å². The highest BCUT2D eigenvalue weighted by molar-refractivity contribution is 6.18. The standard InChI is InChI=1S/C38H25N/c1-3-12-28-25(10-1)22-35(32-16-7-5-14-30(28)32)34-20-19-27(38-18-9-21-39-38)24-37(34)36-23-26-11-2-4-13-29(26)31-15-6-8-17-33(31)36/h1-24,39H. The van der Waals surface area contributed by atoms with Gasteiger partial charge in [-0.3, -0.25) is 0 Å². The third-order valence-corrected chi connectivity index (χ3v) is 8.04. The molecular formula is C38H25N. The molecule has 7 aromatic carbocycles. The van der Waals surface area contributed by atoms with E-state index in [9.17, 15) is 0 Å². The monoisotopic (exact) mass is 495 g/mol. The Kier molecular flexibility index (Phi) is 4.89. The fraction of sp³-hybridized carbons (Fsp3) is 0. The van der Waals surface area contributed by atoms with E-state index in [1.54, 1.807) is 0 Å². The second-order valence-corrected chi connectivity index (χ2v) is 10.2. The van der Waals surface area contributed by atoms with Crippen molar-refractivity contribution in [3.8, 4) is 33.5 Å². The molecule has 0 aliphatic carbocycles. The summed E-state index contributed by atoms with van der Waals surface area (Å²) in [6, 6.07) is 50.9. The van der Waals surface area contributed by atoms with E-state index in [1.165, 1.54) is 70.9 Å². The van der Waals surface area contributed by atoms with Crippen molar-refractivity contribution >= 4 is 43.1 Å². The number of aromatic nitrogens is 1. The van der Waals surface area contributed by atoms with Crippen molar-refractivity contribution < 1.29 is 0 Å². The van der Waals surface area contributed by atoms with E-state index in [1.807, 2.05) is 6.20 Å². The highest BCUT2D eigenvalue weighted by atomic mass is 14.7. The summed E-state index contributed by atoms with van der Waals surface area (Å²) in [6.45, 7) is 0. The van der Waals surface area contributed by atoms with Crippen LogP contribution < -0.4 is 0 Å². The maximum absolute atomic E-state index is 3.41. The highest BCUT2D eigenvalue weighted by Crippen LogP contribution is 2.44. The largest absolute Gasteiger partial charge is 0.361 e. The Balaban J connectivity index is 1.52. The lowest BCUT2D eigenvalue weighted by molar-refractivity contribution is 1.40. The molecule has 1 nitrogen and oxygen atoms in total. The summed E-state index contributed by atoms with van der Waals surface area (Å²) in [6.07, 6.45) is 1.99. The zero-order valence-corrected chi connectivity index (χ0v) is 21.4. The molecule has 39 heavy (non-hydrogen) atoms. The predicted molar refractivity (Wildman–Crippen MR) is 167 cm³/mol. The van der Waals surface area contributed by atoms with Crippen LogP contribution in [0, 0.1) is 0 Å². The lowest BCUT2D eigenvalue weighted by Gasteiger charge is -2.18. The number of nitrogens with one attached hydrogen (secondary N) is 1. The van der Waals surface area contributed by atoms with Gasteiger partial charge in [0.05, 0.1) is 0 Å². The summed E-state index contributed by atoms with van der Waals surface area (Å²) in [5.41, 5.74) is 7.30. The Morgan fingerprint density at radius 3 is 1.41 bits per heavy atom. The number of benzene rings is 7. The van der Waals surface area contributed by atoms with Crippen molar-refractivity contribution in [1.29, 1.82) is 0 Å². The van der Waals surface area contributed by atoms with E-state index in [-0.39, 0.29) is 0 Å². The summed E-state index contributed by atoms with van der Waals surface area (Å²) in [4.78, 5) is 3.41. The third-order valence-electron chi connectivity index (χ3n) is 8.04. The van der Waals surface area contributed by atoms with Gasteiger partial charge >= 0.3 is 0 Å². The molecule has 0 aliphatic rings. The summed E-state index contributed by atoms with van der Waals surface area (Å²) >= 11 is 0. The maximum Gasteiger partial charge on any atom is 0.0454 e. The molecule has 0 spiro atoms. The van der Waals surface area contributed by atoms with Gasteiger partial charge in [0.25, 0.3) is 0 Å². The lowest BCUT2D eigenvalue weighted by atomic mass is 9.85. The molecule has 0 bridgehead atoms. The molecule has 8 rings (SSSR count). The second kappa shape index (κ2) is 8.72. The molecule has 182 valence electrons. The van der Waals surface area contributed by atoms with Crippen LogP contribution in [0.2, 0.25) is 0 Å². The quantitative estimate of drug-likeness (QED) is 0.235. The van der Waals surface area contributed by atoms with Crippen molar-refractivity contribution in [3.63, 3.8) is 0 Å². The molecule has 1 aromatic heterocycles. The van der Waals surface area contributed by atoms with Crippen LogP contribution in [0.1, 0.15) is 0 Å². The molecule has 1 heterocycles. The van der Waals surface area contributed by atoms with Gasteiger partial charge in [-0.05, 0) is 101 Å². The highest BCUT2D eigenvalue weighted by Gasteiger charge is 2.17. The van der Waals surface area contributed by atoms with Crippen LogP contribution in [0.4, 0.5) is 0 Å². The minimum absolute atomic E-state index is 1.12. The van der Waals surface area contributed by atoms with Gasteiger partial charge in [-0.15, -0.1) is 0 Å². The number of aromatic amines is 1. The van der Waals surface area contributed by atoms with Crippen molar-refractivity contribution in [2.45, 2.75) is 0 Å². The van der Waals surface area contributed by atoms with Gasteiger partial charge < -0.3 is 4.98 Å². The Labute approximate surface area is 227 Å². The molecule has 1 N–H and O–H groups in total. The summed E-state index contributed by atoms with van der Waals surface area (Å²) in [7, 11) is 0. The van der Waals surface area contributed by atoms with E-state index in [0.717, 1.165) is 5.69 Å². The normalized spacial score (nSPS) is 11.6. The topological polar surface area (TPSA) is 15.8 Å². The summed E-state index contributed by atoms with van der Waals surface area (Å²) in [5.74, 6) is 0. The molecule has 0 radical (unpaired) electrons. The molecule has 8 aromatic rings. The van der Waals surface area contributed by atoms with E-state index < -0.39 is 0 Å². The smallest absolute Gasteiger partial charge is 0.0454 e. The SMILES string of the molecule is c1c[nH]c(-c2ccc(-c3cc4ccccc4c4ccccc34)c(-c3cc4ccccc4c4ccccc34)c2)c1. The zero-order chi connectivity index (χ0) is 25.8. The molecular weight excluding hydrogens is 470 g/mol. The van der Waals surface area contributed by atoms with E-state index in [0.29, 0.717) is 0 Å². The van der Waals surface area contributed by atoms with Crippen LogP contribution in [0.15, 0.2) is 146 Å². The fourth-order valence-corrected chi connectivity index (χ4v) is 6.23. The summed E-state index contributed by atoms with van der Waals surface area (Å²) in [5, 5.41) is 10.2. The van der Waals surface area contributed by atoms with Crippen molar-refractivity contribution in [1.82, 2.24) is 4.98 Å². The van der Waals surface area contributed by atoms with Gasteiger partial charge in [0.2, 0.25) is 0 Å². The Morgan fingerprint density at radius 1 is 0.333 bits per heavy atom. The predicted octanol–water partition coefficient (Wildman–Crippen LogP) is 10.6. The Morgan fingerprint density at radius 2 is 0.846 bits per heavy atom. The average molecular weight is 496 g/mol. The molecule has 0 aliphatic heterocycles. The first-order valence-electron chi connectivity index (χ1n) is 13.4. The number of rotatable bonds is 3. The number of fused-ring (bicyclic) bond motifs is 6. The molecule has 0 unspecified atom stereocenters. The molecule has 0 amide bonds. The van der Waals surface area contributed by atoms with E-state index in [4.69, 9.17) is 0 Å². The van der Waals surface area contributed by atoms with Gasteiger partial charge in [-0.2, -0.15) is 0 Å². The Hall–Kier alpha value is -5.14. The second-order valence-electron chi connectivity index (χ2n) is 10.2. The average Bonchev–Trinajstić information content (AvgIpc) is 3.55. The maximum atomic E-state index is 3.41. The van der Waals surface area contributed by atoms with E-state index in [2.05, 4.69) is 145 Å². The molecule has 0 saturated heterocycles. The number of hydrogen-bond donors (Lipinski definition) is 1. The van der Waals surface area contributed by atoms with E-state index >= 15 is 0 Å². The first kappa shape index (κ1) is 21.9. The molecule has 0 saturated carbocycles. The number of hydrogen-bond acceptors (Lipinski definition) is 0. The van der Waals surface area contributed by atoms with Crippen LogP contribution >= 0.6 is 0 Å². The minimum atomic E-state index is 1.12. The third kappa shape index (κ3) is 3.48. The van der Waals surface area contributed by atoms with Crippen molar-refractivity contribution in [2.75, 3.05) is 0 Å². The molecule has 0 atom stereocenters. The van der Waals surface area contributed by atoms with Crippen LogP contribution in [0.3, 0.4) is 0 Å². The first-order valence-corrected chi connectivity index (χ1v) is 13.4. The zero-order valence-electron chi connectivity index (χ0n) is 21.4. The van der Waals surface area contributed by atoms with Gasteiger partial charge in [0.15, 0.2) is 0 Å². The fourth-order valence-electron chi connectivity index (χ4n) is 6.23. The summed E-state index contributed by atoms with van der Waals surface area (Å²) < 4.78 is 0. The first-order chi connectivity index (χ1) is 19.3. The van der Waals surface area contributed by atoms with Crippen molar-refractivity contribution in [2.24, 2.45) is 0 Å². The van der Waals surface area contributed by atoms with Gasteiger partial charge in [0.1, 0.15) is 0 Å². The van der Waals surface area contributed by atoms with Crippen LogP contribution in [0.25, 0.3) is 76.6 Å². The van der Waals surface area contributed by atoms with Gasteiger partial charge in [-0.25, -0.2) is 0 Å².